The number of carbonyl (C=O) groups excluding carboxylic acids is 2. The molecule has 0 N–H and O–H groups in total. The van der Waals surface area contributed by atoms with Gasteiger partial charge in [-0.3, -0.25) is 9.59 Å². The van der Waals surface area contributed by atoms with Crippen molar-refractivity contribution in [3.05, 3.63) is 66.5 Å². The molecule has 0 radical (unpaired) electrons. The summed E-state index contributed by atoms with van der Waals surface area (Å²) >= 11 is 0. The van der Waals surface area contributed by atoms with Crippen molar-refractivity contribution in [2.24, 2.45) is 0 Å². The van der Waals surface area contributed by atoms with Gasteiger partial charge in [-0.1, -0.05) is 36.9 Å². The molecule has 0 spiro atoms. The second-order valence-electron chi connectivity index (χ2n) is 6.39. The molecule has 1 aromatic carbocycles. The Balaban J connectivity index is 1.94. The molecule has 0 unspecified atom stereocenters. The van der Waals surface area contributed by atoms with Crippen molar-refractivity contribution in [3.8, 4) is 0 Å². The topological polar surface area (TPSA) is 59.8 Å². The van der Waals surface area contributed by atoms with Crippen LogP contribution in [0.15, 0.2) is 65.1 Å². The quantitative estimate of drug-likeness (QED) is 0.357. The Morgan fingerprint density at radius 1 is 1.25 bits per heavy atom. The smallest absolute Gasteiger partial charge is 0.305 e. The van der Waals surface area contributed by atoms with Crippen LogP contribution in [0.1, 0.15) is 32.4 Å². The number of hydrogen-bond acceptors (Lipinski definition) is 4. The van der Waals surface area contributed by atoms with E-state index in [1.54, 1.807) is 24.9 Å². The predicted molar refractivity (Wildman–Crippen MR) is 112 cm³/mol. The maximum Gasteiger partial charge on any atom is 0.305 e. The molecule has 148 valence electrons. The second kappa shape index (κ2) is 10.3. The van der Waals surface area contributed by atoms with E-state index >= 15 is 0 Å². The van der Waals surface area contributed by atoms with Gasteiger partial charge in [0.15, 0.2) is 0 Å². The SMILES string of the molecule is C=C(/C=C\C(=C/C)c1cc2ccccc2o1)C(=O)N(C)CCCC(=O)OCC. The minimum Gasteiger partial charge on any atom is -0.466 e. The highest BCUT2D eigenvalue weighted by Gasteiger charge is 2.12. The Bertz CT molecular complexity index is 871. The summed E-state index contributed by atoms with van der Waals surface area (Å²) in [4.78, 5) is 25.4. The van der Waals surface area contributed by atoms with Crippen LogP contribution in [0.5, 0.6) is 0 Å². The molecule has 1 amide bonds. The molecule has 28 heavy (non-hydrogen) atoms. The largest absolute Gasteiger partial charge is 0.466 e. The van der Waals surface area contributed by atoms with Crippen molar-refractivity contribution in [3.63, 3.8) is 0 Å². The van der Waals surface area contributed by atoms with E-state index in [-0.39, 0.29) is 11.9 Å². The van der Waals surface area contributed by atoms with Gasteiger partial charge in [0, 0.05) is 36.5 Å². The standard InChI is InChI=1S/C23H27NO4/c1-5-18(21-16-19-10-7-8-11-20(19)28-21)14-13-17(3)23(26)24(4)15-9-12-22(25)27-6-2/h5,7-8,10-11,13-14,16H,3,6,9,12,15H2,1-2,4H3/b14-13-,18-5+. The lowest BCUT2D eigenvalue weighted by Crippen LogP contribution is -2.28. The van der Waals surface area contributed by atoms with E-state index in [2.05, 4.69) is 6.58 Å². The summed E-state index contributed by atoms with van der Waals surface area (Å²) in [5.74, 6) is 0.314. The van der Waals surface area contributed by atoms with Crippen LogP contribution in [-0.4, -0.2) is 37.0 Å². The van der Waals surface area contributed by atoms with Gasteiger partial charge < -0.3 is 14.1 Å². The fourth-order valence-electron chi connectivity index (χ4n) is 2.75. The summed E-state index contributed by atoms with van der Waals surface area (Å²) in [7, 11) is 1.70. The van der Waals surface area contributed by atoms with Crippen LogP contribution in [0.4, 0.5) is 0 Å². The molecule has 2 aromatic rings. The van der Waals surface area contributed by atoms with E-state index in [4.69, 9.17) is 9.15 Å². The molecule has 1 aromatic heterocycles. The summed E-state index contributed by atoms with van der Waals surface area (Å²) in [6.45, 7) is 8.38. The molecule has 0 aliphatic rings. The predicted octanol–water partition coefficient (Wildman–Crippen LogP) is 4.75. The van der Waals surface area contributed by atoms with Crippen LogP contribution >= 0.6 is 0 Å². The van der Waals surface area contributed by atoms with E-state index in [1.165, 1.54) is 0 Å². The molecule has 0 saturated carbocycles. The van der Waals surface area contributed by atoms with E-state index in [0.29, 0.717) is 31.6 Å². The second-order valence-corrected chi connectivity index (χ2v) is 6.39. The average Bonchev–Trinajstić information content (AvgIpc) is 3.11. The number of hydrogen-bond donors (Lipinski definition) is 0. The third-order valence-corrected chi connectivity index (χ3v) is 4.29. The number of carbonyl (C=O) groups is 2. The van der Waals surface area contributed by atoms with Crippen LogP contribution in [0.25, 0.3) is 16.5 Å². The summed E-state index contributed by atoms with van der Waals surface area (Å²) in [5, 5.41) is 1.03. The summed E-state index contributed by atoms with van der Waals surface area (Å²) in [5.41, 5.74) is 2.06. The van der Waals surface area contributed by atoms with E-state index in [9.17, 15) is 9.59 Å². The van der Waals surface area contributed by atoms with Crippen LogP contribution in [0.3, 0.4) is 0 Å². The van der Waals surface area contributed by atoms with Crippen molar-refractivity contribution in [1.29, 1.82) is 0 Å². The Hall–Kier alpha value is -3.08. The summed E-state index contributed by atoms with van der Waals surface area (Å²) < 4.78 is 10.8. The maximum atomic E-state index is 12.4. The zero-order valence-corrected chi connectivity index (χ0v) is 16.7. The van der Waals surface area contributed by atoms with Crippen LogP contribution in [0.2, 0.25) is 0 Å². The number of ether oxygens (including phenoxy) is 1. The molecule has 1 heterocycles. The van der Waals surface area contributed by atoms with Gasteiger partial charge in [-0.25, -0.2) is 0 Å². The van der Waals surface area contributed by atoms with E-state index in [1.807, 2.05) is 49.4 Å². The van der Waals surface area contributed by atoms with Gasteiger partial charge in [0.05, 0.1) is 6.61 Å². The molecule has 0 bridgehead atoms. The first-order chi connectivity index (χ1) is 13.5. The summed E-state index contributed by atoms with van der Waals surface area (Å²) in [6, 6.07) is 9.78. The van der Waals surface area contributed by atoms with Gasteiger partial charge in [-0.15, -0.1) is 0 Å². The maximum absolute atomic E-state index is 12.4. The number of benzene rings is 1. The molecular formula is C23H27NO4. The van der Waals surface area contributed by atoms with Crippen LogP contribution < -0.4 is 0 Å². The highest BCUT2D eigenvalue weighted by molar-refractivity contribution is 5.96. The minimum absolute atomic E-state index is 0.180. The zero-order valence-electron chi connectivity index (χ0n) is 16.7. The first-order valence-corrected chi connectivity index (χ1v) is 9.39. The molecule has 2 rings (SSSR count). The zero-order chi connectivity index (χ0) is 20.5. The number of likely N-dealkylation sites (N-methyl/N-ethyl adjacent to an activating group) is 1. The van der Waals surface area contributed by atoms with Crippen LogP contribution in [0, 0.1) is 0 Å². The van der Waals surface area contributed by atoms with Gasteiger partial charge in [0.1, 0.15) is 11.3 Å². The van der Waals surface area contributed by atoms with Crippen molar-refractivity contribution < 1.29 is 18.7 Å². The Morgan fingerprint density at radius 2 is 2.00 bits per heavy atom. The lowest BCUT2D eigenvalue weighted by Gasteiger charge is -2.17. The van der Waals surface area contributed by atoms with Gasteiger partial charge >= 0.3 is 5.97 Å². The number of allylic oxidation sites excluding steroid dienone is 3. The normalized spacial score (nSPS) is 11.8. The minimum atomic E-state index is -0.245. The fourth-order valence-corrected chi connectivity index (χ4v) is 2.75. The lowest BCUT2D eigenvalue weighted by atomic mass is 10.1. The fraction of sp³-hybridized carbons (Fsp3) is 0.304. The molecule has 0 fully saturated rings. The number of nitrogens with zero attached hydrogens (tertiary/aromatic N) is 1. The van der Waals surface area contributed by atoms with Crippen molar-refractivity contribution in [1.82, 2.24) is 4.90 Å². The Labute approximate surface area is 166 Å². The van der Waals surface area contributed by atoms with Crippen molar-refractivity contribution in [2.75, 3.05) is 20.2 Å². The summed E-state index contributed by atoms with van der Waals surface area (Å²) in [6.07, 6.45) is 6.28. The number of fused-ring (bicyclic) bond motifs is 1. The highest BCUT2D eigenvalue weighted by atomic mass is 16.5. The van der Waals surface area contributed by atoms with Gasteiger partial charge in [0.2, 0.25) is 0 Å². The number of esters is 1. The lowest BCUT2D eigenvalue weighted by molar-refractivity contribution is -0.143. The number of amides is 1. The first-order valence-electron chi connectivity index (χ1n) is 9.39. The molecule has 5 nitrogen and oxygen atoms in total. The monoisotopic (exact) mass is 381 g/mol. The molecular weight excluding hydrogens is 354 g/mol. The molecule has 0 aliphatic carbocycles. The third kappa shape index (κ3) is 5.71. The van der Waals surface area contributed by atoms with E-state index in [0.717, 1.165) is 22.3 Å². The van der Waals surface area contributed by atoms with Gasteiger partial charge in [0.25, 0.3) is 5.91 Å². The molecule has 0 saturated heterocycles. The first kappa shape index (κ1) is 21.2. The van der Waals surface area contributed by atoms with Crippen molar-refractivity contribution >= 4 is 28.4 Å². The molecule has 5 heteroatoms. The van der Waals surface area contributed by atoms with Crippen LogP contribution in [-0.2, 0) is 14.3 Å². The third-order valence-electron chi connectivity index (χ3n) is 4.29. The average molecular weight is 381 g/mol. The number of rotatable bonds is 9. The number of para-hydroxylation sites is 1. The Kier molecular flexibility index (Phi) is 7.81. The van der Waals surface area contributed by atoms with Crippen molar-refractivity contribution in [2.45, 2.75) is 26.7 Å². The van der Waals surface area contributed by atoms with Gasteiger partial charge in [-0.2, -0.15) is 0 Å². The van der Waals surface area contributed by atoms with E-state index < -0.39 is 0 Å². The Morgan fingerprint density at radius 3 is 2.68 bits per heavy atom. The molecule has 0 atom stereocenters. The molecule has 0 aliphatic heterocycles. The number of furan rings is 1. The highest BCUT2D eigenvalue weighted by Crippen LogP contribution is 2.25. The van der Waals surface area contributed by atoms with Gasteiger partial charge in [-0.05, 0) is 38.5 Å².